The van der Waals surface area contributed by atoms with Crippen LogP contribution in [-0.4, -0.2) is 42.6 Å². The quantitative estimate of drug-likeness (QED) is 0.714. The molecule has 2 aromatic carbocycles. The molecule has 1 fully saturated rings. The number of aromatic nitrogens is 1. The van der Waals surface area contributed by atoms with Gasteiger partial charge in [0.15, 0.2) is 0 Å². The van der Waals surface area contributed by atoms with Gasteiger partial charge in [-0.25, -0.2) is 0 Å². The van der Waals surface area contributed by atoms with Crippen LogP contribution in [0.25, 0.3) is 10.8 Å². The van der Waals surface area contributed by atoms with Crippen LogP contribution in [0.2, 0.25) is 0 Å². The zero-order chi connectivity index (χ0) is 18.6. The van der Waals surface area contributed by atoms with Crippen molar-refractivity contribution in [2.45, 2.75) is 12.5 Å². The predicted molar refractivity (Wildman–Crippen MR) is 104 cm³/mol. The van der Waals surface area contributed by atoms with Crippen molar-refractivity contribution in [3.63, 3.8) is 0 Å². The number of carbonyl (C=O) groups is 1. The van der Waals surface area contributed by atoms with E-state index in [0.717, 1.165) is 27.8 Å². The smallest absolute Gasteiger partial charge is 0.227 e. The van der Waals surface area contributed by atoms with Crippen LogP contribution >= 0.6 is 0 Å². The molecular weight excluding hydrogens is 340 g/mol. The van der Waals surface area contributed by atoms with Crippen molar-refractivity contribution < 1.29 is 14.3 Å². The van der Waals surface area contributed by atoms with Gasteiger partial charge in [-0.2, -0.15) is 0 Å². The monoisotopic (exact) mass is 362 g/mol. The van der Waals surface area contributed by atoms with Crippen LogP contribution in [0.1, 0.15) is 17.4 Å². The van der Waals surface area contributed by atoms with E-state index in [9.17, 15) is 4.79 Å². The Hall–Kier alpha value is -2.92. The summed E-state index contributed by atoms with van der Waals surface area (Å²) in [5, 5.41) is 2.23. The minimum Gasteiger partial charge on any atom is -0.497 e. The zero-order valence-corrected chi connectivity index (χ0v) is 15.3. The molecule has 0 aliphatic carbocycles. The number of rotatable bonds is 4. The van der Waals surface area contributed by atoms with Gasteiger partial charge in [0.05, 0.1) is 32.4 Å². The van der Waals surface area contributed by atoms with Gasteiger partial charge in [0.1, 0.15) is 11.9 Å². The minimum atomic E-state index is -0.192. The van der Waals surface area contributed by atoms with Crippen LogP contribution < -0.4 is 4.74 Å². The van der Waals surface area contributed by atoms with E-state index in [0.29, 0.717) is 26.1 Å². The maximum absolute atomic E-state index is 12.7. The summed E-state index contributed by atoms with van der Waals surface area (Å²) in [7, 11) is 1.63. The third-order valence-electron chi connectivity index (χ3n) is 4.92. The topological polar surface area (TPSA) is 51.7 Å². The molecule has 1 aliphatic heterocycles. The minimum absolute atomic E-state index is 0.106. The fraction of sp³-hybridized carbons (Fsp3) is 0.273. The van der Waals surface area contributed by atoms with Crippen molar-refractivity contribution in [1.82, 2.24) is 9.88 Å². The molecule has 1 aromatic heterocycles. The molecule has 1 atom stereocenters. The number of morpholine rings is 1. The van der Waals surface area contributed by atoms with E-state index >= 15 is 0 Å². The third kappa shape index (κ3) is 3.93. The van der Waals surface area contributed by atoms with Gasteiger partial charge in [0.2, 0.25) is 5.91 Å². The average molecular weight is 362 g/mol. The van der Waals surface area contributed by atoms with Gasteiger partial charge in [-0.15, -0.1) is 0 Å². The van der Waals surface area contributed by atoms with Crippen LogP contribution in [0.3, 0.4) is 0 Å². The molecule has 3 aromatic rings. The molecule has 5 nitrogen and oxygen atoms in total. The lowest BCUT2D eigenvalue weighted by molar-refractivity contribution is -0.138. The van der Waals surface area contributed by atoms with E-state index in [1.165, 1.54) is 0 Å². The van der Waals surface area contributed by atoms with Crippen molar-refractivity contribution in [2.24, 2.45) is 0 Å². The lowest BCUT2D eigenvalue weighted by Gasteiger charge is -2.33. The predicted octanol–water partition coefficient (Wildman–Crippen LogP) is 3.39. The normalized spacial score (nSPS) is 17.1. The molecule has 27 heavy (non-hydrogen) atoms. The number of ether oxygens (including phenoxy) is 2. The number of hydrogen-bond donors (Lipinski definition) is 0. The van der Waals surface area contributed by atoms with E-state index in [-0.39, 0.29) is 12.0 Å². The summed E-state index contributed by atoms with van der Waals surface area (Å²) in [5.74, 6) is 0.897. The molecule has 5 heteroatoms. The summed E-state index contributed by atoms with van der Waals surface area (Å²) in [6, 6.07) is 17.8. The summed E-state index contributed by atoms with van der Waals surface area (Å²) in [4.78, 5) is 19.2. The second-order valence-electron chi connectivity index (χ2n) is 6.68. The van der Waals surface area contributed by atoms with E-state index < -0.39 is 0 Å². The van der Waals surface area contributed by atoms with Gasteiger partial charge in [-0.1, -0.05) is 36.4 Å². The van der Waals surface area contributed by atoms with Gasteiger partial charge in [0.25, 0.3) is 0 Å². The first-order valence-electron chi connectivity index (χ1n) is 9.10. The zero-order valence-electron chi connectivity index (χ0n) is 15.3. The van der Waals surface area contributed by atoms with Crippen LogP contribution in [-0.2, 0) is 16.0 Å². The van der Waals surface area contributed by atoms with Crippen molar-refractivity contribution in [2.75, 3.05) is 26.8 Å². The first-order valence-corrected chi connectivity index (χ1v) is 9.10. The van der Waals surface area contributed by atoms with E-state index in [4.69, 9.17) is 9.47 Å². The maximum atomic E-state index is 12.7. The second-order valence-corrected chi connectivity index (χ2v) is 6.68. The Morgan fingerprint density at radius 1 is 1.19 bits per heavy atom. The lowest BCUT2D eigenvalue weighted by atomic mass is 10.1. The SMILES string of the molecule is COc1ccc(CC(=O)N2CCOC(c3cc4ccccc4cn3)C2)cc1. The van der Waals surface area contributed by atoms with Crippen molar-refractivity contribution in [3.05, 3.63) is 72.1 Å². The molecule has 1 amide bonds. The van der Waals surface area contributed by atoms with Gasteiger partial charge in [-0.05, 0) is 29.1 Å². The van der Waals surface area contributed by atoms with E-state index in [1.54, 1.807) is 7.11 Å². The Bertz CT molecular complexity index is 940. The number of methoxy groups -OCH3 is 1. The standard InChI is InChI=1S/C22H22N2O3/c1-26-19-8-6-16(7-9-19)12-22(25)24-10-11-27-21(15-24)20-13-17-4-2-3-5-18(17)14-23-20/h2-9,13-14,21H,10-12,15H2,1H3. The van der Waals surface area contributed by atoms with Gasteiger partial charge in [0, 0.05) is 18.1 Å². The highest BCUT2D eigenvalue weighted by Crippen LogP contribution is 2.24. The number of pyridine rings is 1. The fourth-order valence-electron chi connectivity index (χ4n) is 3.36. The molecule has 4 rings (SSSR count). The summed E-state index contributed by atoms with van der Waals surface area (Å²) in [6.45, 7) is 1.66. The third-order valence-corrected chi connectivity index (χ3v) is 4.92. The number of amides is 1. The Morgan fingerprint density at radius 2 is 1.96 bits per heavy atom. The van der Waals surface area contributed by atoms with E-state index in [2.05, 4.69) is 17.1 Å². The van der Waals surface area contributed by atoms with Crippen molar-refractivity contribution in [1.29, 1.82) is 0 Å². The Balaban J connectivity index is 1.45. The van der Waals surface area contributed by atoms with Crippen molar-refractivity contribution >= 4 is 16.7 Å². The molecule has 0 saturated carbocycles. The van der Waals surface area contributed by atoms with Crippen LogP contribution in [0.15, 0.2) is 60.8 Å². The first-order chi connectivity index (χ1) is 13.2. The summed E-state index contributed by atoms with van der Waals surface area (Å²) < 4.78 is 11.1. The number of carbonyl (C=O) groups excluding carboxylic acids is 1. The maximum Gasteiger partial charge on any atom is 0.227 e. The molecule has 0 N–H and O–H groups in total. The summed E-state index contributed by atoms with van der Waals surface area (Å²) >= 11 is 0. The number of hydrogen-bond acceptors (Lipinski definition) is 4. The summed E-state index contributed by atoms with van der Waals surface area (Å²) in [5.41, 5.74) is 1.85. The molecule has 138 valence electrons. The molecule has 0 spiro atoms. The number of fused-ring (bicyclic) bond motifs is 1. The molecule has 2 heterocycles. The molecule has 0 radical (unpaired) electrons. The summed E-state index contributed by atoms with van der Waals surface area (Å²) in [6.07, 6.45) is 2.05. The fourth-order valence-corrected chi connectivity index (χ4v) is 3.36. The average Bonchev–Trinajstić information content (AvgIpc) is 2.74. The van der Waals surface area contributed by atoms with Crippen LogP contribution in [0.5, 0.6) is 5.75 Å². The highest BCUT2D eigenvalue weighted by molar-refractivity contribution is 5.82. The molecule has 0 bridgehead atoms. The van der Waals surface area contributed by atoms with Crippen LogP contribution in [0.4, 0.5) is 0 Å². The van der Waals surface area contributed by atoms with E-state index in [1.807, 2.05) is 53.6 Å². The Labute approximate surface area is 158 Å². The van der Waals surface area contributed by atoms with Gasteiger partial charge < -0.3 is 14.4 Å². The highest BCUT2D eigenvalue weighted by Gasteiger charge is 2.26. The van der Waals surface area contributed by atoms with Crippen LogP contribution in [0, 0.1) is 0 Å². The molecular formula is C22H22N2O3. The molecule has 1 saturated heterocycles. The van der Waals surface area contributed by atoms with Crippen molar-refractivity contribution in [3.8, 4) is 5.75 Å². The first kappa shape index (κ1) is 17.5. The second kappa shape index (κ2) is 7.76. The molecule has 1 unspecified atom stereocenters. The number of benzene rings is 2. The molecule has 1 aliphatic rings. The largest absolute Gasteiger partial charge is 0.497 e. The highest BCUT2D eigenvalue weighted by atomic mass is 16.5. The Kier molecular flexibility index (Phi) is 5.03. The van der Waals surface area contributed by atoms with Gasteiger partial charge >= 0.3 is 0 Å². The lowest BCUT2D eigenvalue weighted by Crippen LogP contribution is -2.43. The Morgan fingerprint density at radius 3 is 2.74 bits per heavy atom. The number of nitrogens with zero attached hydrogens (tertiary/aromatic N) is 2. The van der Waals surface area contributed by atoms with Gasteiger partial charge in [-0.3, -0.25) is 9.78 Å².